The van der Waals surface area contributed by atoms with E-state index in [9.17, 15) is 9.59 Å². The average molecular weight is 381 g/mol. The quantitative estimate of drug-likeness (QED) is 0.610. The standard InChI is InChI=1S/C19H28N4O2.ClH/c1-13(14-3-2-10-20-12-14)11-18(24)21-15-4-6-16(7-5-15)22-19(25)23-17-8-9-17;/h4-7,13-14,17,20H,2-3,8-12H2,1H3,(H,21,24)(H2,22,23,25);1H. The molecule has 3 rings (SSSR count). The molecule has 3 amide bonds. The molecule has 0 radical (unpaired) electrons. The summed E-state index contributed by atoms with van der Waals surface area (Å²) in [5.74, 6) is 1.00. The van der Waals surface area contributed by atoms with Crippen LogP contribution in [0.2, 0.25) is 0 Å². The van der Waals surface area contributed by atoms with Crippen molar-refractivity contribution in [3.63, 3.8) is 0 Å². The normalized spacial score (nSPS) is 20.4. The molecule has 1 aromatic carbocycles. The van der Waals surface area contributed by atoms with Crippen molar-refractivity contribution in [3.05, 3.63) is 24.3 Å². The smallest absolute Gasteiger partial charge is 0.319 e. The first kappa shape index (κ1) is 20.5. The Kier molecular flexibility index (Phi) is 7.72. The number of benzene rings is 1. The highest BCUT2D eigenvalue weighted by Crippen LogP contribution is 2.23. The first-order chi connectivity index (χ1) is 12.1. The third-order valence-corrected chi connectivity index (χ3v) is 4.99. The summed E-state index contributed by atoms with van der Waals surface area (Å²) < 4.78 is 0. The van der Waals surface area contributed by atoms with E-state index in [-0.39, 0.29) is 24.3 Å². The lowest BCUT2D eigenvalue weighted by Crippen LogP contribution is -2.34. The first-order valence-corrected chi connectivity index (χ1v) is 9.28. The lowest BCUT2D eigenvalue weighted by atomic mass is 9.85. The van der Waals surface area contributed by atoms with E-state index in [1.807, 2.05) is 12.1 Å². The molecule has 2 aliphatic rings. The van der Waals surface area contributed by atoms with Crippen molar-refractivity contribution in [3.8, 4) is 0 Å². The van der Waals surface area contributed by atoms with Crippen LogP contribution in [0.25, 0.3) is 0 Å². The maximum Gasteiger partial charge on any atom is 0.319 e. The topological polar surface area (TPSA) is 82.3 Å². The Bertz CT molecular complexity index is 598. The third kappa shape index (κ3) is 6.50. The Morgan fingerprint density at radius 1 is 1.12 bits per heavy atom. The van der Waals surface area contributed by atoms with Crippen LogP contribution >= 0.6 is 12.4 Å². The van der Waals surface area contributed by atoms with E-state index in [0.717, 1.165) is 37.3 Å². The van der Waals surface area contributed by atoms with Gasteiger partial charge in [0.05, 0.1) is 0 Å². The fourth-order valence-electron chi connectivity index (χ4n) is 3.25. The molecule has 2 atom stereocenters. The number of urea groups is 1. The van der Waals surface area contributed by atoms with Crippen LogP contribution < -0.4 is 21.3 Å². The van der Waals surface area contributed by atoms with Gasteiger partial charge in [0.1, 0.15) is 0 Å². The van der Waals surface area contributed by atoms with Crippen molar-refractivity contribution in [1.82, 2.24) is 10.6 Å². The Morgan fingerprint density at radius 2 is 1.77 bits per heavy atom. The SMILES string of the molecule is CC(CC(=O)Nc1ccc(NC(=O)NC2CC2)cc1)C1CCCNC1.Cl. The Labute approximate surface area is 161 Å². The molecule has 1 aromatic rings. The second-order valence-electron chi connectivity index (χ2n) is 7.29. The average Bonchev–Trinajstić information content (AvgIpc) is 3.41. The molecule has 1 saturated heterocycles. The number of piperidine rings is 1. The third-order valence-electron chi connectivity index (χ3n) is 4.99. The molecule has 26 heavy (non-hydrogen) atoms. The highest BCUT2D eigenvalue weighted by Gasteiger charge is 2.23. The number of hydrogen-bond acceptors (Lipinski definition) is 3. The monoisotopic (exact) mass is 380 g/mol. The van der Waals surface area contributed by atoms with Gasteiger partial charge in [0.15, 0.2) is 0 Å². The largest absolute Gasteiger partial charge is 0.335 e. The van der Waals surface area contributed by atoms with Crippen molar-refractivity contribution in [2.24, 2.45) is 11.8 Å². The second-order valence-corrected chi connectivity index (χ2v) is 7.29. The van der Waals surface area contributed by atoms with E-state index in [1.165, 1.54) is 12.8 Å². The van der Waals surface area contributed by atoms with Crippen molar-refractivity contribution in [2.75, 3.05) is 23.7 Å². The molecule has 0 bridgehead atoms. The van der Waals surface area contributed by atoms with Gasteiger partial charge in [-0.25, -0.2) is 4.79 Å². The van der Waals surface area contributed by atoms with Crippen LogP contribution in [0.1, 0.15) is 39.0 Å². The molecule has 1 aliphatic heterocycles. The van der Waals surface area contributed by atoms with Gasteiger partial charge in [0, 0.05) is 23.8 Å². The van der Waals surface area contributed by atoms with Gasteiger partial charge >= 0.3 is 6.03 Å². The van der Waals surface area contributed by atoms with Crippen LogP contribution in [-0.4, -0.2) is 31.1 Å². The minimum absolute atomic E-state index is 0. The predicted octanol–water partition coefficient (Wildman–Crippen LogP) is 3.36. The number of anilines is 2. The van der Waals surface area contributed by atoms with Gasteiger partial charge in [0.25, 0.3) is 0 Å². The molecule has 4 N–H and O–H groups in total. The zero-order chi connectivity index (χ0) is 17.6. The first-order valence-electron chi connectivity index (χ1n) is 9.28. The fourth-order valence-corrected chi connectivity index (χ4v) is 3.25. The summed E-state index contributed by atoms with van der Waals surface area (Å²) in [5.41, 5.74) is 1.48. The van der Waals surface area contributed by atoms with Gasteiger partial charge in [-0.15, -0.1) is 12.4 Å². The molecule has 7 heteroatoms. The van der Waals surface area contributed by atoms with E-state index < -0.39 is 0 Å². The van der Waals surface area contributed by atoms with Gasteiger partial charge in [-0.1, -0.05) is 6.92 Å². The molecule has 2 fully saturated rings. The zero-order valence-corrected chi connectivity index (χ0v) is 16.0. The van der Waals surface area contributed by atoms with Gasteiger partial charge < -0.3 is 21.3 Å². The molecule has 2 unspecified atom stereocenters. The molecule has 144 valence electrons. The highest BCUT2D eigenvalue weighted by atomic mass is 35.5. The zero-order valence-electron chi connectivity index (χ0n) is 15.2. The highest BCUT2D eigenvalue weighted by molar-refractivity contribution is 5.92. The fraction of sp³-hybridized carbons (Fsp3) is 0.579. The maximum absolute atomic E-state index is 12.2. The summed E-state index contributed by atoms with van der Waals surface area (Å²) in [7, 11) is 0. The van der Waals surface area contributed by atoms with Crippen molar-refractivity contribution >= 4 is 35.7 Å². The molecule has 0 spiro atoms. The Balaban J connectivity index is 0.00000243. The van der Waals surface area contributed by atoms with E-state index in [1.54, 1.807) is 12.1 Å². The lowest BCUT2D eigenvalue weighted by molar-refractivity contribution is -0.117. The Hall–Kier alpha value is -1.79. The minimum Gasteiger partial charge on any atom is -0.335 e. The summed E-state index contributed by atoms with van der Waals surface area (Å²) >= 11 is 0. The van der Waals surface area contributed by atoms with Crippen molar-refractivity contribution < 1.29 is 9.59 Å². The number of halogens is 1. The van der Waals surface area contributed by atoms with E-state index in [4.69, 9.17) is 0 Å². The molecular formula is C19H29ClN4O2. The summed E-state index contributed by atoms with van der Waals surface area (Å²) in [4.78, 5) is 23.9. The predicted molar refractivity (Wildman–Crippen MR) is 107 cm³/mol. The summed E-state index contributed by atoms with van der Waals surface area (Å²) in [5, 5.41) is 12.0. The molecule has 0 aromatic heterocycles. The van der Waals surface area contributed by atoms with Gasteiger partial charge in [-0.05, 0) is 74.9 Å². The van der Waals surface area contributed by atoms with Gasteiger partial charge in [0.2, 0.25) is 5.91 Å². The van der Waals surface area contributed by atoms with Gasteiger partial charge in [-0.2, -0.15) is 0 Å². The summed E-state index contributed by atoms with van der Waals surface area (Å²) in [6.45, 7) is 4.26. The van der Waals surface area contributed by atoms with Crippen molar-refractivity contribution in [1.29, 1.82) is 0 Å². The number of hydrogen-bond donors (Lipinski definition) is 4. The lowest BCUT2D eigenvalue weighted by Gasteiger charge is -2.28. The van der Waals surface area contributed by atoms with Crippen molar-refractivity contribution in [2.45, 2.75) is 45.1 Å². The van der Waals surface area contributed by atoms with Crippen LogP contribution in [-0.2, 0) is 4.79 Å². The molecular weight excluding hydrogens is 352 g/mol. The summed E-state index contributed by atoms with van der Waals surface area (Å²) in [6.07, 6.45) is 5.06. The van der Waals surface area contributed by atoms with Crippen LogP contribution in [0.3, 0.4) is 0 Å². The number of amides is 3. The van der Waals surface area contributed by atoms with Crippen LogP contribution in [0.5, 0.6) is 0 Å². The van der Waals surface area contributed by atoms with Crippen LogP contribution in [0, 0.1) is 11.8 Å². The van der Waals surface area contributed by atoms with Gasteiger partial charge in [-0.3, -0.25) is 4.79 Å². The van der Waals surface area contributed by atoms with Crippen LogP contribution in [0.15, 0.2) is 24.3 Å². The number of rotatable bonds is 6. The molecule has 6 nitrogen and oxygen atoms in total. The van der Waals surface area contributed by atoms with E-state index >= 15 is 0 Å². The number of carbonyl (C=O) groups excluding carboxylic acids is 2. The number of carbonyl (C=O) groups is 2. The molecule has 1 saturated carbocycles. The van der Waals surface area contributed by atoms with Crippen LogP contribution in [0.4, 0.5) is 16.2 Å². The van der Waals surface area contributed by atoms with E-state index in [0.29, 0.717) is 24.3 Å². The maximum atomic E-state index is 12.2. The molecule has 1 heterocycles. The van der Waals surface area contributed by atoms with E-state index in [2.05, 4.69) is 28.2 Å². The second kappa shape index (κ2) is 9.78. The Morgan fingerprint density at radius 3 is 2.35 bits per heavy atom. The number of nitrogens with one attached hydrogen (secondary N) is 4. The minimum atomic E-state index is -0.172. The summed E-state index contributed by atoms with van der Waals surface area (Å²) in [6, 6.07) is 7.40. The molecule has 1 aliphatic carbocycles.